The molecule has 2 atom stereocenters. The maximum atomic E-state index is 12.4. The summed E-state index contributed by atoms with van der Waals surface area (Å²) in [5, 5.41) is 17.5. The SMILES string of the molecule is CCc1cc(Cl)c(C(=O)N[C@@H](CNC(=O)[C@@H]2CCCN2)C(=O)O)c(Cl)c1. The van der Waals surface area contributed by atoms with Gasteiger partial charge in [0.1, 0.15) is 6.04 Å². The zero-order chi connectivity index (χ0) is 19.3. The highest BCUT2D eigenvalue weighted by molar-refractivity contribution is 6.39. The van der Waals surface area contributed by atoms with Crippen LogP contribution in [0, 0.1) is 0 Å². The van der Waals surface area contributed by atoms with E-state index in [-0.39, 0.29) is 34.1 Å². The zero-order valence-corrected chi connectivity index (χ0v) is 15.8. The number of benzene rings is 1. The highest BCUT2D eigenvalue weighted by Crippen LogP contribution is 2.27. The number of nitrogens with one attached hydrogen (secondary N) is 3. The van der Waals surface area contributed by atoms with Gasteiger partial charge in [-0.2, -0.15) is 0 Å². The summed E-state index contributed by atoms with van der Waals surface area (Å²) in [7, 11) is 0. The van der Waals surface area contributed by atoms with E-state index in [4.69, 9.17) is 23.2 Å². The Bertz CT molecular complexity index is 682. The average molecular weight is 402 g/mol. The molecule has 1 fully saturated rings. The van der Waals surface area contributed by atoms with Gasteiger partial charge in [-0.05, 0) is 43.5 Å². The quantitative estimate of drug-likeness (QED) is 0.554. The van der Waals surface area contributed by atoms with Crippen molar-refractivity contribution < 1.29 is 19.5 Å². The first-order valence-electron chi connectivity index (χ1n) is 8.36. The normalized spacial score (nSPS) is 17.6. The molecule has 1 aliphatic heterocycles. The molecule has 1 aromatic rings. The summed E-state index contributed by atoms with van der Waals surface area (Å²) in [6.07, 6.45) is 2.28. The Hall–Kier alpha value is -1.83. The van der Waals surface area contributed by atoms with Crippen molar-refractivity contribution in [2.45, 2.75) is 38.3 Å². The third-order valence-corrected chi connectivity index (χ3v) is 4.79. The second-order valence-corrected chi connectivity index (χ2v) is 6.86. The van der Waals surface area contributed by atoms with E-state index in [0.29, 0.717) is 12.8 Å². The van der Waals surface area contributed by atoms with E-state index in [9.17, 15) is 19.5 Å². The van der Waals surface area contributed by atoms with Gasteiger partial charge in [-0.25, -0.2) is 4.79 Å². The van der Waals surface area contributed by atoms with Crippen molar-refractivity contribution in [1.82, 2.24) is 16.0 Å². The van der Waals surface area contributed by atoms with E-state index in [1.54, 1.807) is 12.1 Å². The lowest BCUT2D eigenvalue weighted by atomic mass is 10.1. The molecule has 1 aromatic carbocycles. The van der Waals surface area contributed by atoms with Gasteiger partial charge in [0.15, 0.2) is 0 Å². The van der Waals surface area contributed by atoms with Gasteiger partial charge in [0.05, 0.1) is 21.7 Å². The second-order valence-electron chi connectivity index (χ2n) is 6.05. The summed E-state index contributed by atoms with van der Waals surface area (Å²) in [5.41, 5.74) is 0.878. The molecule has 0 aromatic heterocycles. The van der Waals surface area contributed by atoms with Crippen molar-refractivity contribution in [3.8, 4) is 0 Å². The Morgan fingerprint density at radius 3 is 2.46 bits per heavy atom. The first kappa shape index (κ1) is 20.5. The van der Waals surface area contributed by atoms with Crippen molar-refractivity contribution >= 4 is 41.0 Å². The Labute approximate surface area is 161 Å². The van der Waals surface area contributed by atoms with Crippen LogP contribution in [0.3, 0.4) is 0 Å². The average Bonchev–Trinajstić information content (AvgIpc) is 3.11. The Morgan fingerprint density at radius 1 is 1.31 bits per heavy atom. The summed E-state index contributed by atoms with van der Waals surface area (Å²) in [6.45, 7) is 2.44. The van der Waals surface area contributed by atoms with Crippen LogP contribution >= 0.6 is 23.2 Å². The molecule has 0 unspecified atom stereocenters. The number of hydrogen-bond donors (Lipinski definition) is 4. The van der Waals surface area contributed by atoms with Gasteiger partial charge >= 0.3 is 5.97 Å². The number of halogens is 2. The molecule has 1 saturated heterocycles. The topological polar surface area (TPSA) is 108 Å². The lowest BCUT2D eigenvalue weighted by Gasteiger charge is -2.18. The molecule has 142 valence electrons. The van der Waals surface area contributed by atoms with Crippen LogP contribution in [-0.4, -0.2) is 48.1 Å². The van der Waals surface area contributed by atoms with Crippen LogP contribution in [0.15, 0.2) is 12.1 Å². The fourth-order valence-corrected chi connectivity index (χ4v) is 3.42. The molecule has 1 aliphatic rings. The highest BCUT2D eigenvalue weighted by atomic mass is 35.5. The Morgan fingerprint density at radius 2 is 1.96 bits per heavy atom. The van der Waals surface area contributed by atoms with E-state index in [2.05, 4.69) is 16.0 Å². The van der Waals surface area contributed by atoms with Crippen LogP contribution in [0.4, 0.5) is 0 Å². The molecule has 1 heterocycles. The maximum Gasteiger partial charge on any atom is 0.328 e. The number of aliphatic carboxylic acids is 1. The summed E-state index contributed by atoms with van der Waals surface area (Å²) in [5.74, 6) is -2.26. The fourth-order valence-electron chi connectivity index (χ4n) is 2.71. The third-order valence-electron chi connectivity index (χ3n) is 4.20. The van der Waals surface area contributed by atoms with E-state index >= 15 is 0 Å². The van der Waals surface area contributed by atoms with Crippen molar-refractivity contribution in [1.29, 1.82) is 0 Å². The van der Waals surface area contributed by atoms with E-state index < -0.39 is 17.9 Å². The van der Waals surface area contributed by atoms with Crippen LogP contribution in [-0.2, 0) is 16.0 Å². The summed E-state index contributed by atoms with van der Waals surface area (Å²) in [4.78, 5) is 35.8. The minimum atomic E-state index is -1.30. The number of carbonyl (C=O) groups is 3. The molecule has 0 spiro atoms. The molecule has 7 nitrogen and oxygen atoms in total. The highest BCUT2D eigenvalue weighted by Gasteiger charge is 2.27. The van der Waals surface area contributed by atoms with Gasteiger partial charge in [-0.15, -0.1) is 0 Å². The van der Waals surface area contributed by atoms with Gasteiger partial charge in [0, 0.05) is 6.54 Å². The molecule has 0 saturated carbocycles. The standard InChI is InChI=1S/C17H21Cl2N3O4/c1-2-9-6-10(18)14(11(19)7-9)16(24)22-13(17(25)26)8-21-15(23)12-4-3-5-20-12/h6-7,12-13,20H,2-5,8H2,1H3,(H,21,23)(H,22,24)(H,25,26)/t12-,13-/m0/s1. The molecule has 0 bridgehead atoms. The first-order valence-corrected chi connectivity index (χ1v) is 9.11. The van der Waals surface area contributed by atoms with E-state index in [0.717, 1.165) is 18.5 Å². The molecular formula is C17H21Cl2N3O4. The van der Waals surface area contributed by atoms with Gasteiger partial charge in [0.2, 0.25) is 5.91 Å². The van der Waals surface area contributed by atoms with Crippen molar-refractivity contribution in [2.24, 2.45) is 0 Å². The van der Waals surface area contributed by atoms with Crippen LogP contribution in [0.1, 0.15) is 35.7 Å². The van der Waals surface area contributed by atoms with Crippen LogP contribution < -0.4 is 16.0 Å². The molecule has 2 amide bonds. The summed E-state index contributed by atoms with van der Waals surface area (Å²) in [6, 6.07) is 1.61. The van der Waals surface area contributed by atoms with Crippen LogP contribution in [0.2, 0.25) is 10.0 Å². The molecule has 4 N–H and O–H groups in total. The molecule has 0 radical (unpaired) electrons. The van der Waals surface area contributed by atoms with E-state index in [1.165, 1.54) is 0 Å². The fraction of sp³-hybridized carbons (Fsp3) is 0.471. The molecule has 26 heavy (non-hydrogen) atoms. The maximum absolute atomic E-state index is 12.4. The smallest absolute Gasteiger partial charge is 0.328 e. The number of hydrogen-bond acceptors (Lipinski definition) is 4. The largest absolute Gasteiger partial charge is 0.480 e. The van der Waals surface area contributed by atoms with Crippen molar-refractivity contribution in [3.05, 3.63) is 33.3 Å². The first-order chi connectivity index (χ1) is 12.3. The molecule has 2 rings (SSSR count). The number of amides is 2. The predicted molar refractivity (Wildman–Crippen MR) is 98.8 cm³/mol. The van der Waals surface area contributed by atoms with Gasteiger partial charge in [-0.3, -0.25) is 9.59 Å². The second kappa shape index (κ2) is 9.21. The summed E-state index contributed by atoms with van der Waals surface area (Å²) < 4.78 is 0. The number of carboxylic acids is 1. The van der Waals surface area contributed by atoms with E-state index in [1.807, 2.05) is 6.92 Å². The number of carboxylic acid groups (broad SMARTS) is 1. The van der Waals surface area contributed by atoms with Crippen molar-refractivity contribution in [3.63, 3.8) is 0 Å². The lowest BCUT2D eigenvalue weighted by Crippen LogP contribution is -2.51. The van der Waals surface area contributed by atoms with Gasteiger partial charge < -0.3 is 21.1 Å². The van der Waals surface area contributed by atoms with Crippen LogP contribution in [0.25, 0.3) is 0 Å². The number of aryl methyl sites for hydroxylation is 1. The number of rotatable bonds is 7. The Kier molecular flexibility index (Phi) is 7.25. The lowest BCUT2D eigenvalue weighted by molar-refractivity contribution is -0.139. The van der Waals surface area contributed by atoms with Crippen molar-refractivity contribution in [2.75, 3.05) is 13.1 Å². The summed E-state index contributed by atoms with van der Waals surface area (Å²) >= 11 is 12.2. The molecule has 0 aliphatic carbocycles. The minimum absolute atomic E-state index is 0.0144. The van der Waals surface area contributed by atoms with Gasteiger partial charge in [-0.1, -0.05) is 30.1 Å². The minimum Gasteiger partial charge on any atom is -0.480 e. The third kappa shape index (κ3) is 5.09. The monoisotopic (exact) mass is 401 g/mol. The number of carbonyl (C=O) groups excluding carboxylic acids is 2. The Balaban J connectivity index is 2.04. The molecular weight excluding hydrogens is 381 g/mol. The predicted octanol–water partition coefficient (Wildman–Crippen LogP) is 1.61. The molecule has 9 heteroatoms. The van der Waals surface area contributed by atoms with Gasteiger partial charge in [0.25, 0.3) is 5.91 Å². The zero-order valence-electron chi connectivity index (χ0n) is 14.3. The van der Waals surface area contributed by atoms with Crippen LogP contribution in [0.5, 0.6) is 0 Å².